The van der Waals surface area contributed by atoms with Gasteiger partial charge in [0, 0.05) is 18.8 Å². The van der Waals surface area contributed by atoms with Gasteiger partial charge in [0.2, 0.25) is 0 Å². The summed E-state index contributed by atoms with van der Waals surface area (Å²) in [5.74, 6) is 0.555. The van der Waals surface area contributed by atoms with E-state index in [-0.39, 0.29) is 6.61 Å². The Morgan fingerprint density at radius 3 is 2.62 bits per heavy atom. The highest BCUT2D eigenvalue weighted by atomic mass is 16.7. The first-order chi connectivity index (χ1) is 11.5. The molecule has 0 aliphatic heterocycles. The van der Waals surface area contributed by atoms with Crippen molar-refractivity contribution in [2.75, 3.05) is 26.1 Å². The summed E-state index contributed by atoms with van der Waals surface area (Å²) in [5, 5.41) is 13.9. The van der Waals surface area contributed by atoms with E-state index in [9.17, 15) is 9.90 Å². The van der Waals surface area contributed by atoms with Gasteiger partial charge in [-0.2, -0.15) is 0 Å². The second-order valence-corrected chi connectivity index (χ2v) is 5.38. The minimum Gasteiger partial charge on any atom is -0.490 e. The standard InChI is InChI=1S/C18H22N2O4/c1-13-7-9-14(10-8-13)17(21)12-24-16-6-4-5-15(11-16)19-18(22)20(2)23-3/h4-11,17,21H,12H2,1-3H3,(H,19,22). The number of amides is 2. The summed E-state index contributed by atoms with van der Waals surface area (Å²) in [6.45, 7) is 2.12. The van der Waals surface area contributed by atoms with Gasteiger partial charge < -0.3 is 15.2 Å². The number of hydrogen-bond donors (Lipinski definition) is 2. The number of hydroxylamine groups is 2. The highest BCUT2D eigenvalue weighted by Gasteiger charge is 2.10. The third-order valence-corrected chi connectivity index (χ3v) is 3.52. The molecule has 0 aromatic heterocycles. The molecule has 0 aliphatic carbocycles. The van der Waals surface area contributed by atoms with Crippen molar-refractivity contribution in [1.82, 2.24) is 5.06 Å². The lowest BCUT2D eigenvalue weighted by Gasteiger charge is -2.16. The fourth-order valence-electron chi connectivity index (χ4n) is 2.01. The van der Waals surface area contributed by atoms with Crippen LogP contribution in [0.2, 0.25) is 0 Å². The van der Waals surface area contributed by atoms with Crippen molar-refractivity contribution in [3.8, 4) is 5.75 Å². The number of nitrogens with one attached hydrogen (secondary N) is 1. The fourth-order valence-corrected chi connectivity index (χ4v) is 2.01. The van der Waals surface area contributed by atoms with Crippen LogP contribution in [0.25, 0.3) is 0 Å². The Kier molecular flexibility index (Phi) is 6.17. The van der Waals surface area contributed by atoms with Gasteiger partial charge >= 0.3 is 6.03 Å². The van der Waals surface area contributed by atoms with Gasteiger partial charge in [-0.15, -0.1) is 0 Å². The fraction of sp³-hybridized carbons (Fsp3) is 0.278. The number of aliphatic hydroxyl groups excluding tert-OH is 1. The maximum Gasteiger partial charge on any atom is 0.345 e. The molecule has 1 atom stereocenters. The van der Waals surface area contributed by atoms with Crippen molar-refractivity contribution in [2.24, 2.45) is 0 Å². The van der Waals surface area contributed by atoms with E-state index >= 15 is 0 Å². The van der Waals surface area contributed by atoms with E-state index in [1.165, 1.54) is 14.2 Å². The van der Waals surface area contributed by atoms with Gasteiger partial charge in [-0.25, -0.2) is 9.86 Å². The quantitative estimate of drug-likeness (QED) is 0.798. The Hall–Kier alpha value is -2.57. The predicted octanol–water partition coefficient (Wildman–Crippen LogP) is 3.13. The number of nitrogens with zero attached hydrogens (tertiary/aromatic N) is 1. The molecule has 2 amide bonds. The molecule has 128 valence electrons. The van der Waals surface area contributed by atoms with Crippen LogP contribution < -0.4 is 10.1 Å². The van der Waals surface area contributed by atoms with Gasteiger partial charge in [0.25, 0.3) is 0 Å². The van der Waals surface area contributed by atoms with Crippen LogP contribution >= 0.6 is 0 Å². The van der Waals surface area contributed by atoms with Crippen molar-refractivity contribution in [1.29, 1.82) is 0 Å². The van der Waals surface area contributed by atoms with E-state index < -0.39 is 12.1 Å². The Morgan fingerprint density at radius 2 is 1.96 bits per heavy atom. The summed E-state index contributed by atoms with van der Waals surface area (Å²) < 4.78 is 5.62. The highest BCUT2D eigenvalue weighted by molar-refractivity contribution is 5.88. The Bertz CT molecular complexity index is 673. The molecule has 2 aromatic carbocycles. The molecule has 6 nitrogen and oxygen atoms in total. The first-order valence-electron chi connectivity index (χ1n) is 7.56. The van der Waals surface area contributed by atoms with Crippen LogP contribution in [0.4, 0.5) is 10.5 Å². The second-order valence-electron chi connectivity index (χ2n) is 5.38. The summed E-state index contributed by atoms with van der Waals surface area (Å²) in [7, 11) is 2.92. The second kappa shape index (κ2) is 8.33. The minimum absolute atomic E-state index is 0.123. The van der Waals surface area contributed by atoms with Crippen LogP contribution in [0, 0.1) is 6.92 Å². The lowest BCUT2D eigenvalue weighted by atomic mass is 10.1. The van der Waals surface area contributed by atoms with Gasteiger partial charge in [0.05, 0.1) is 7.11 Å². The zero-order valence-electron chi connectivity index (χ0n) is 14.0. The van der Waals surface area contributed by atoms with Crippen LogP contribution in [0.15, 0.2) is 48.5 Å². The molecule has 0 bridgehead atoms. The number of ether oxygens (including phenoxy) is 1. The van der Waals surface area contributed by atoms with Crippen molar-refractivity contribution in [3.05, 3.63) is 59.7 Å². The molecule has 24 heavy (non-hydrogen) atoms. The minimum atomic E-state index is -0.719. The van der Waals surface area contributed by atoms with Crippen LogP contribution in [-0.2, 0) is 4.84 Å². The number of rotatable bonds is 6. The first kappa shape index (κ1) is 17.8. The summed E-state index contributed by atoms with van der Waals surface area (Å²) in [6, 6.07) is 14.2. The molecule has 2 aromatic rings. The molecule has 0 radical (unpaired) electrons. The molecule has 0 saturated carbocycles. The molecular formula is C18H22N2O4. The Balaban J connectivity index is 1.94. The van der Waals surface area contributed by atoms with E-state index in [0.717, 1.165) is 16.2 Å². The van der Waals surface area contributed by atoms with Crippen LogP contribution in [0.1, 0.15) is 17.2 Å². The van der Waals surface area contributed by atoms with E-state index in [1.54, 1.807) is 24.3 Å². The molecule has 0 spiro atoms. The number of carbonyl (C=O) groups excluding carboxylic acids is 1. The van der Waals surface area contributed by atoms with E-state index in [0.29, 0.717) is 11.4 Å². The summed E-state index contributed by atoms with van der Waals surface area (Å²) in [5.41, 5.74) is 2.51. The van der Waals surface area contributed by atoms with Crippen molar-refractivity contribution in [2.45, 2.75) is 13.0 Å². The third kappa shape index (κ3) is 4.97. The third-order valence-electron chi connectivity index (χ3n) is 3.52. The van der Waals surface area contributed by atoms with Crippen LogP contribution in [-0.4, -0.2) is 37.0 Å². The summed E-state index contributed by atoms with van der Waals surface area (Å²) in [6.07, 6.45) is -0.719. The lowest BCUT2D eigenvalue weighted by Crippen LogP contribution is -2.30. The monoisotopic (exact) mass is 330 g/mol. The average Bonchev–Trinajstić information content (AvgIpc) is 2.59. The van der Waals surface area contributed by atoms with Crippen molar-refractivity contribution in [3.63, 3.8) is 0 Å². The number of aliphatic hydroxyl groups is 1. The van der Waals surface area contributed by atoms with Gasteiger partial charge in [-0.3, -0.25) is 4.84 Å². The SMILES string of the molecule is CON(C)C(=O)Nc1cccc(OCC(O)c2ccc(C)cc2)c1. The van der Waals surface area contributed by atoms with Crippen molar-refractivity contribution < 1.29 is 19.5 Å². The molecule has 2 rings (SSSR count). The molecule has 0 aliphatic rings. The van der Waals surface area contributed by atoms with Gasteiger partial charge in [0.1, 0.15) is 18.5 Å². The van der Waals surface area contributed by atoms with Crippen molar-refractivity contribution >= 4 is 11.7 Å². The number of aryl methyl sites for hydroxylation is 1. The number of anilines is 1. The van der Waals surface area contributed by atoms with Crippen LogP contribution in [0.5, 0.6) is 5.75 Å². The normalized spacial score (nSPS) is 11.7. The van der Waals surface area contributed by atoms with Crippen LogP contribution in [0.3, 0.4) is 0 Å². The van der Waals surface area contributed by atoms with E-state index in [1.807, 2.05) is 31.2 Å². The zero-order chi connectivity index (χ0) is 17.5. The van der Waals surface area contributed by atoms with Gasteiger partial charge in [-0.05, 0) is 24.6 Å². The van der Waals surface area contributed by atoms with Gasteiger partial charge in [0.15, 0.2) is 0 Å². The smallest absolute Gasteiger partial charge is 0.345 e. The molecular weight excluding hydrogens is 308 g/mol. The topological polar surface area (TPSA) is 71.0 Å². The first-order valence-corrected chi connectivity index (χ1v) is 7.56. The molecule has 1 unspecified atom stereocenters. The Labute approximate surface area is 141 Å². The number of benzene rings is 2. The predicted molar refractivity (Wildman–Crippen MR) is 91.9 cm³/mol. The molecule has 2 N–H and O–H groups in total. The van der Waals surface area contributed by atoms with E-state index in [4.69, 9.17) is 9.57 Å². The number of urea groups is 1. The average molecular weight is 330 g/mol. The molecule has 6 heteroatoms. The zero-order valence-corrected chi connectivity index (χ0v) is 14.0. The maximum atomic E-state index is 11.7. The number of hydrogen-bond acceptors (Lipinski definition) is 4. The van der Waals surface area contributed by atoms with E-state index in [2.05, 4.69) is 5.32 Å². The largest absolute Gasteiger partial charge is 0.490 e. The van der Waals surface area contributed by atoms with Gasteiger partial charge in [-0.1, -0.05) is 35.9 Å². The summed E-state index contributed by atoms with van der Waals surface area (Å²) >= 11 is 0. The molecule has 0 saturated heterocycles. The Morgan fingerprint density at radius 1 is 1.25 bits per heavy atom. The highest BCUT2D eigenvalue weighted by Crippen LogP contribution is 2.20. The maximum absolute atomic E-state index is 11.7. The number of carbonyl (C=O) groups is 1. The molecule has 0 fully saturated rings. The molecule has 0 heterocycles. The summed E-state index contributed by atoms with van der Waals surface area (Å²) in [4.78, 5) is 16.6. The lowest BCUT2D eigenvalue weighted by molar-refractivity contribution is -0.0598.